The molecule has 2 aromatic carbocycles. The first-order valence-corrected chi connectivity index (χ1v) is 7.97. The van der Waals surface area contributed by atoms with Crippen LogP contribution in [-0.2, 0) is 4.79 Å². The molecule has 0 fully saturated rings. The Balaban J connectivity index is 1.91. The van der Waals surface area contributed by atoms with E-state index in [0.29, 0.717) is 22.9 Å². The van der Waals surface area contributed by atoms with Crippen LogP contribution in [0.1, 0.15) is 24.2 Å². The summed E-state index contributed by atoms with van der Waals surface area (Å²) in [4.78, 5) is 24.3. The lowest BCUT2D eigenvalue weighted by atomic mass is 10.2. The fourth-order valence-corrected chi connectivity index (χ4v) is 2.12. The molecule has 0 aliphatic carbocycles. The number of benzene rings is 2. The monoisotopic (exact) mass is 346 g/mol. The van der Waals surface area contributed by atoms with E-state index in [1.165, 1.54) is 0 Å². The van der Waals surface area contributed by atoms with Gasteiger partial charge in [0.1, 0.15) is 11.8 Å². The van der Waals surface area contributed by atoms with E-state index in [4.69, 9.17) is 16.3 Å². The number of amides is 2. The summed E-state index contributed by atoms with van der Waals surface area (Å²) in [6, 6.07) is 12.8. The van der Waals surface area contributed by atoms with Gasteiger partial charge in [0.25, 0.3) is 5.91 Å². The van der Waals surface area contributed by atoms with E-state index >= 15 is 0 Å². The fourth-order valence-electron chi connectivity index (χ4n) is 2.00. The Morgan fingerprint density at radius 1 is 1.08 bits per heavy atom. The zero-order chi connectivity index (χ0) is 17.5. The van der Waals surface area contributed by atoms with E-state index in [0.717, 1.165) is 5.75 Å². The minimum Gasteiger partial charge on any atom is -0.494 e. The fraction of sp³-hybridized carbons (Fsp3) is 0.222. The average molecular weight is 347 g/mol. The van der Waals surface area contributed by atoms with Crippen molar-refractivity contribution in [3.05, 3.63) is 59.1 Å². The van der Waals surface area contributed by atoms with Crippen LogP contribution in [0.4, 0.5) is 5.69 Å². The van der Waals surface area contributed by atoms with E-state index < -0.39 is 6.04 Å². The molecule has 24 heavy (non-hydrogen) atoms. The van der Waals surface area contributed by atoms with Crippen LogP contribution >= 0.6 is 11.6 Å². The third-order valence-corrected chi connectivity index (χ3v) is 3.53. The van der Waals surface area contributed by atoms with E-state index in [1.807, 2.05) is 6.92 Å². The Hall–Kier alpha value is -2.53. The van der Waals surface area contributed by atoms with E-state index in [9.17, 15) is 9.59 Å². The molecule has 2 rings (SSSR count). The summed E-state index contributed by atoms with van der Waals surface area (Å²) >= 11 is 5.79. The molecule has 0 aliphatic heterocycles. The summed E-state index contributed by atoms with van der Waals surface area (Å²) in [6.45, 7) is 4.11. The van der Waals surface area contributed by atoms with Crippen LogP contribution in [-0.4, -0.2) is 24.5 Å². The van der Waals surface area contributed by atoms with Gasteiger partial charge in [0.05, 0.1) is 6.61 Å². The summed E-state index contributed by atoms with van der Waals surface area (Å²) in [5.41, 5.74) is 1.08. The Bertz CT molecular complexity index is 699. The molecular weight excluding hydrogens is 328 g/mol. The Morgan fingerprint density at radius 3 is 2.29 bits per heavy atom. The Labute approximate surface area is 146 Å². The van der Waals surface area contributed by atoms with Gasteiger partial charge >= 0.3 is 0 Å². The SMILES string of the molecule is CCOc1ccc(NC(=O)C(C)NC(=O)c2ccc(Cl)cc2)cc1. The zero-order valence-corrected chi connectivity index (χ0v) is 14.3. The smallest absolute Gasteiger partial charge is 0.251 e. The first-order valence-electron chi connectivity index (χ1n) is 7.59. The van der Waals surface area contributed by atoms with Gasteiger partial charge in [-0.1, -0.05) is 11.6 Å². The van der Waals surface area contributed by atoms with Crippen LogP contribution in [0.15, 0.2) is 48.5 Å². The van der Waals surface area contributed by atoms with Gasteiger partial charge < -0.3 is 15.4 Å². The molecule has 126 valence electrons. The van der Waals surface area contributed by atoms with E-state index in [1.54, 1.807) is 55.5 Å². The van der Waals surface area contributed by atoms with Gasteiger partial charge in [0.2, 0.25) is 5.91 Å². The maximum atomic E-state index is 12.2. The van der Waals surface area contributed by atoms with Crippen molar-refractivity contribution in [2.24, 2.45) is 0 Å². The van der Waals surface area contributed by atoms with Gasteiger partial charge in [0, 0.05) is 16.3 Å². The maximum Gasteiger partial charge on any atom is 0.251 e. The predicted molar refractivity (Wildman–Crippen MR) is 94.6 cm³/mol. The van der Waals surface area contributed by atoms with E-state index in [2.05, 4.69) is 10.6 Å². The minimum absolute atomic E-state index is 0.304. The average Bonchev–Trinajstić information content (AvgIpc) is 2.57. The molecule has 0 radical (unpaired) electrons. The molecule has 0 spiro atoms. The van der Waals surface area contributed by atoms with Crippen LogP contribution in [0.5, 0.6) is 5.75 Å². The van der Waals surface area contributed by atoms with Crippen molar-refractivity contribution in [1.29, 1.82) is 0 Å². The predicted octanol–water partition coefficient (Wildman–Crippen LogP) is 3.50. The number of ether oxygens (including phenoxy) is 1. The molecule has 0 saturated carbocycles. The number of rotatable bonds is 6. The lowest BCUT2D eigenvalue weighted by Crippen LogP contribution is -2.41. The molecule has 2 aromatic rings. The van der Waals surface area contributed by atoms with Gasteiger partial charge in [0.15, 0.2) is 0 Å². The maximum absolute atomic E-state index is 12.2. The second kappa shape index (κ2) is 8.36. The van der Waals surface area contributed by atoms with Crippen molar-refractivity contribution in [3.8, 4) is 5.75 Å². The number of carbonyl (C=O) groups excluding carboxylic acids is 2. The number of hydrogen-bond acceptors (Lipinski definition) is 3. The third-order valence-electron chi connectivity index (χ3n) is 3.28. The third kappa shape index (κ3) is 4.99. The van der Waals surface area contributed by atoms with Crippen molar-refractivity contribution in [3.63, 3.8) is 0 Å². The second-order valence-electron chi connectivity index (χ2n) is 5.15. The lowest BCUT2D eigenvalue weighted by molar-refractivity contribution is -0.117. The van der Waals surface area contributed by atoms with Crippen LogP contribution in [0, 0.1) is 0 Å². The van der Waals surface area contributed by atoms with Gasteiger partial charge in [-0.05, 0) is 62.4 Å². The van der Waals surface area contributed by atoms with E-state index in [-0.39, 0.29) is 11.8 Å². The highest BCUT2D eigenvalue weighted by molar-refractivity contribution is 6.30. The molecule has 1 atom stereocenters. The highest BCUT2D eigenvalue weighted by atomic mass is 35.5. The van der Waals surface area contributed by atoms with Crippen LogP contribution in [0.3, 0.4) is 0 Å². The molecule has 1 unspecified atom stereocenters. The largest absolute Gasteiger partial charge is 0.494 e. The highest BCUT2D eigenvalue weighted by Gasteiger charge is 2.16. The molecule has 2 amide bonds. The van der Waals surface area contributed by atoms with Crippen molar-refractivity contribution in [1.82, 2.24) is 5.32 Å². The summed E-state index contributed by atoms with van der Waals surface area (Å²) in [5, 5.41) is 5.94. The first kappa shape index (κ1) is 17.8. The second-order valence-corrected chi connectivity index (χ2v) is 5.59. The van der Waals surface area contributed by atoms with Crippen molar-refractivity contribution >= 4 is 29.1 Å². The number of anilines is 1. The lowest BCUT2D eigenvalue weighted by Gasteiger charge is -2.14. The van der Waals surface area contributed by atoms with Crippen molar-refractivity contribution < 1.29 is 14.3 Å². The molecule has 0 aliphatic rings. The van der Waals surface area contributed by atoms with Crippen LogP contribution in [0.2, 0.25) is 5.02 Å². The standard InChI is InChI=1S/C18H19ClN2O3/c1-3-24-16-10-8-15(9-11-16)21-17(22)12(2)20-18(23)13-4-6-14(19)7-5-13/h4-12H,3H2,1-2H3,(H,20,23)(H,21,22). The Kier molecular flexibility index (Phi) is 6.21. The number of nitrogens with one attached hydrogen (secondary N) is 2. The van der Waals surface area contributed by atoms with Crippen molar-refractivity contribution in [2.75, 3.05) is 11.9 Å². The topological polar surface area (TPSA) is 67.4 Å². The van der Waals surface area contributed by atoms with Gasteiger partial charge in [-0.25, -0.2) is 0 Å². The number of halogens is 1. The summed E-state index contributed by atoms with van der Waals surface area (Å²) in [6.07, 6.45) is 0. The van der Waals surface area contributed by atoms with Crippen LogP contribution < -0.4 is 15.4 Å². The minimum atomic E-state index is -0.681. The molecule has 0 heterocycles. The molecule has 2 N–H and O–H groups in total. The highest BCUT2D eigenvalue weighted by Crippen LogP contribution is 2.16. The Morgan fingerprint density at radius 2 is 1.71 bits per heavy atom. The van der Waals surface area contributed by atoms with Gasteiger partial charge in [-0.15, -0.1) is 0 Å². The summed E-state index contributed by atoms with van der Waals surface area (Å²) in [7, 11) is 0. The van der Waals surface area contributed by atoms with Crippen molar-refractivity contribution in [2.45, 2.75) is 19.9 Å². The number of carbonyl (C=O) groups is 2. The molecule has 0 aromatic heterocycles. The molecular formula is C18H19ClN2O3. The quantitative estimate of drug-likeness (QED) is 0.841. The molecule has 0 bridgehead atoms. The normalized spacial score (nSPS) is 11.5. The molecule has 6 heteroatoms. The summed E-state index contributed by atoms with van der Waals surface area (Å²) in [5.74, 6) is 0.0991. The molecule has 0 saturated heterocycles. The van der Waals surface area contributed by atoms with Crippen LogP contribution in [0.25, 0.3) is 0 Å². The number of hydrogen-bond donors (Lipinski definition) is 2. The van der Waals surface area contributed by atoms with Gasteiger partial charge in [-0.2, -0.15) is 0 Å². The molecule has 5 nitrogen and oxygen atoms in total. The first-order chi connectivity index (χ1) is 11.5. The van der Waals surface area contributed by atoms with Gasteiger partial charge in [-0.3, -0.25) is 9.59 Å². The zero-order valence-electron chi connectivity index (χ0n) is 13.5. The summed E-state index contributed by atoms with van der Waals surface area (Å²) < 4.78 is 5.34.